The number of hydrogen-bond acceptors (Lipinski definition) is 3. The van der Waals surface area contributed by atoms with Crippen molar-refractivity contribution in [2.24, 2.45) is 0 Å². The second-order valence-electron chi connectivity index (χ2n) is 17.3. The lowest BCUT2D eigenvalue weighted by Gasteiger charge is -2.29. The van der Waals surface area contributed by atoms with Gasteiger partial charge in [-0.05, 0) is 85.6 Å². The van der Waals surface area contributed by atoms with Crippen molar-refractivity contribution in [2.45, 2.75) is 157 Å². The Labute approximate surface area is 294 Å². The maximum Gasteiger partial charge on any atom is 0.126 e. The molecule has 0 aromatic heterocycles. The van der Waals surface area contributed by atoms with E-state index in [0.29, 0.717) is 19.8 Å². The first-order valence-electron chi connectivity index (χ1n) is 18.9. The van der Waals surface area contributed by atoms with Crippen molar-refractivity contribution in [1.29, 1.82) is 0 Å². The van der Waals surface area contributed by atoms with Crippen LogP contribution in [0.15, 0.2) is 36.4 Å². The number of hydrogen-bond donors (Lipinski definition) is 0. The van der Waals surface area contributed by atoms with Gasteiger partial charge < -0.3 is 14.2 Å². The SMILES string of the molecule is CCCCOc1c2cc(C(C)(C)C)cc1Cc1cc(C(C)(C)C)cc(c1OCCCC)Cc1cc(C(C)(C)C)cc(c1OCCCC)C2. The molecule has 0 heterocycles. The summed E-state index contributed by atoms with van der Waals surface area (Å²) in [5.74, 6) is 3.13. The lowest BCUT2D eigenvalue weighted by molar-refractivity contribution is 0.297. The molecule has 0 N–H and O–H groups in total. The molecule has 0 fully saturated rings. The Morgan fingerprint density at radius 1 is 0.396 bits per heavy atom. The van der Waals surface area contributed by atoms with Crippen LogP contribution >= 0.6 is 0 Å². The summed E-state index contributed by atoms with van der Waals surface area (Å²) in [4.78, 5) is 0. The fourth-order valence-electron chi connectivity index (χ4n) is 6.48. The zero-order valence-corrected chi connectivity index (χ0v) is 32.7. The van der Waals surface area contributed by atoms with Crippen LogP contribution in [-0.2, 0) is 35.5 Å². The lowest BCUT2D eigenvalue weighted by Crippen LogP contribution is -2.18. The van der Waals surface area contributed by atoms with Gasteiger partial charge in [-0.15, -0.1) is 0 Å². The van der Waals surface area contributed by atoms with E-state index in [4.69, 9.17) is 14.2 Å². The molecule has 3 aromatic carbocycles. The summed E-state index contributed by atoms with van der Waals surface area (Å²) in [5, 5.41) is 0. The second-order valence-corrected chi connectivity index (χ2v) is 17.3. The Hall–Kier alpha value is -2.94. The first-order chi connectivity index (χ1) is 22.6. The van der Waals surface area contributed by atoms with E-state index in [-0.39, 0.29) is 16.2 Å². The largest absolute Gasteiger partial charge is 0.493 e. The minimum atomic E-state index is -0.0136. The summed E-state index contributed by atoms with van der Waals surface area (Å²) >= 11 is 0. The van der Waals surface area contributed by atoms with Gasteiger partial charge in [-0.1, -0.05) is 139 Å². The third-order valence-corrected chi connectivity index (χ3v) is 9.70. The summed E-state index contributed by atoms with van der Waals surface area (Å²) in [5.41, 5.74) is 11.5. The fraction of sp³-hybridized carbons (Fsp3) is 0.600. The van der Waals surface area contributed by atoms with Gasteiger partial charge in [0.05, 0.1) is 19.8 Å². The van der Waals surface area contributed by atoms with Crippen LogP contribution in [0.3, 0.4) is 0 Å². The van der Waals surface area contributed by atoms with Gasteiger partial charge in [0.15, 0.2) is 0 Å². The lowest BCUT2D eigenvalue weighted by atomic mass is 9.79. The van der Waals surface area contributed by atoms with Crippen LogP contribution in [0, 0.1) is 0 Å². The highest BCUT2D eigenvalue weighted by atomic mass is 16.5. The standard InChI is InChI=1S/C45H66O3/c1-13-16-19-46-40-31-22-33-27-38(44(7,8)9)29-35(41(33)47-20-17-14-2)24-36-30-39(45(10,11)12)28-34(42(36)48-21-18-15-3)23-32(40)26-37(25-31)43(4,5)6/h25-30H,13-24H2,1-12H3. The molecule has 3 aromatic rings. The molecule has 3 heteroatoms. The smallest absolute Gasteiger partial charge is 0.126 e. The second kappa shape index (κ2) is 15.7. The van der Waals surface area contributed by atoms with Crippen LogP contribution in [0.25, 0.3) is 0 Å². The molecule has 4 rings (SSSR count). The maximum absolute atomic E-state index is 6.86. The quantitative estimate of drug-likeness (QED) is 0.142. The Balaban J connectivity index is 2.17. The van der Waals surface area contributed by atoms with Crippen LogP contribution in [0.1, 0.15) is 172 Å². The van der Waals surface area contributed by atoms with E-state index in [0.717, 1.165) is 75.0 Å². The molecule has 3 nitrogen and oxygen atoms in total. The number of benzene rings is 3. The van der Waals surface area contributed by atoms with E-state index in [2.05, 4.69) is 119 Å². The fourth-order valence-corrected chi connectivity index (χ4v) is 6.48. The summed E-state index contributed by atoms with van der Waals surface area (Å²) in [7, 11) is 0. The summed E-state index contributed by atoms with van der Waals surface area (Å²) in [6, 6.07) is 14.5. The highest BCUT2D eigenvalue weighted by Gasteiger charge is 2.28. The predicted octanol–water partition coefficient (Wildman–Crippen LogP) is 12.2. The number of rotatable bonds is 12. The molecule has 0 unspecified atom stereocenters. The van der Waals surface area contributed by atoms with E-state index in [1.165, 1.54) is 50.1 Å². The van der Waals surface area contributed by atoms with Gasteiger partial charge in [-0.3, -0.25) is 0 Å². The van der Waals surface area contributed by atoms with Crippen molar-refractivity contribution in [3.05, 3.63) is 86.5 Å². The number of unbranched alkanes of at least 4 members (excludes halogenated alkanes) is 3. The van der Waals surface area contributed by atoms with Gasteiger partial charge in [-0.2, -0.15) is 0 Å². The van der Waals surface area contributed by atoms with Crippen LogP contribution in [0.4, 0.5) is 0 Å². The predicted molar refractivity (Wildman–Crippen MR) is 205 cm³/mol. The number of fused-ring (bicyclic) bond motifs is 6. The highest BCUT2D eigenvalue weighted by molar-refractivity contribution is 5.59. The van der Waals surface area contributed by atoms with Gasteiger partial charge in [0.2, 0.25) is 0 Å². The average molecular weight is 655 g/mol. The molecule has 0 amide bonds. The Bertz CT molecular complexity index is 1270. The molecule has 0 saturated heterocycles. The molecule has 0 saturated carbocycles. The van der Waals surface area contributed by atoms with E-state index < -0.39 is 0 Å². The van der Waals surface area contributed by atoms with E-state index >= 15 is 0 Å². The molecule has 1 aliphatic carbocycles. The van der Waals surface area contributed by atoms with Crippen molar-refractivity contribution >= 4 is 0 Å². The molecule has 48 heavy (non-hydrogen) atoms. The normalized spacial score (nSPS) is 13.5. The van der Waals surface area contributed by atoms with E-state index in [9.17, 15) is 0 Å². The van der Waals surface area contributed by atoms with Crippen molar-refractivity contribution in [1.82, 2.24) is 0 Å². The Kier molecular flexibility index (Phi) is 12.4. The summed E-state index contributed by atoms with van der Waals surface area (Å²) < 4.78 is 20.6. The topological polar surface area (TPSA) is 27.7 Å². The van der Waals surface area contributed by atoms with Gasteiger partial charge in [0, 0.05) is 19.3 Å². The van der Waals surface area contributed by atoms with Gasteiger partial charge in [0.1, 0.15) is 17.2 Å². The minimum absolute atomic E-state index is 0.0136. The van der Waals surface area contributed by atoms with Crippen molar-refractivity contribution in [3.63, 3.8) is 0 Å². The highest BCUT2D eigenvalue weighted by Crippen LogP contribution is 2.43. The molecule has 0 aliphatic heterocycles. The monoisotopic (exact) mass is 655 g/mol. The van der Waals surface area contributed by atoms with Crippen LogP contribution < -0.4 is 14.2 Å². The summed E-state index contributed by atoms with van der Waals surface area (Å²) in [6.45, 7) is 29.8. The van der Waals surface area contributed by atoms with Crippen molar-refractivity contribution < 1.29 is 14.2 Å². The first kappa shape index (κ1) is 37.9. The molecule has 0 radical (unpaired) electrons. The molecule has 1 aliphatic rings. The van der Waals surface area contributed by atoms with Gasteiger partial charge in [0.25, 0.3) is 0 Å². The summed E-state index contributed by atoms with van der Waals surface area (Å²) in [6.07, 6.45) is 8.72. The maximum atomic E-state index is 6.86. The van der Waals surface area contributed by atoms with Crippen LogP contribution in [0.2, 0.25) is 0 Å². The zero-order valence-electron chi connectivity index (χ0n) is 32.7. The molecule has 0 spiro atoms. The molecular weight excluding hydrogens is 588 g/mol. The zero-order chi connectivity index (χ0) is 35.3. The van der Waals surface area contributed by atoms with Gasteiger partial charge >= 0.3 is 0 Å². The van der Waals surface area contributed by atoms with E-state index in [1.807, 2.05) is 0 Å². The molecule has 264 valence electrons. The number of ether oxygens (including phenoxy) is 3. The van der Waals surface area contributed by atoms with Crippen LogP contribution in [0.5, 0.6) is 17.2 Å². The molecule has 0 atom stereocenters. The average Bonchev–Trinajstić information content (AvgIpc) is 2.98. The van der Waals surface area contributed by atoms with Gasteiger partial charge in [-0.25, -0.2) is 0 Å². The van der Waals surface area contributed by atoms with Crippen molar-refractivity contribution in [3.8, 4) is 17.2 Å². The van der Waals surface area contributed by atoms with Crippen LogP contribution in [-0.4, -0.2) is 19.8 Å². The Morgan fingerprint density at radius 2 is 0.604 bits per heavy atom. The molecule has 6 bridgehead atoms. The third-order valence-electron chi connectivity index (χ3n) is 9.70. The first-order valence-corrected chi connectivity index (χ1v) is 18.9. The Morgan fingerprint density at radius 3 is 0.771 bits per heavy atom. The molecular formula is C45H66O3. The minimum Gasteiger partial charge on any atom is -0.493 e. The van der Waals surface area contributed by atoms with E-state index in [1.54, 1.807) is 0 Å². The third kappa shape index (κ3) is 9.39. The van der Waals surface area contributed by atoms with Crippen molar-refractivity contribution in [2.75, 3.05) is 19.8 Å².